The lowest BCUT2D eigenvalue weighted by Crippen LogP contribution is -2.06. The topological polar surface area (TPSA) is 55.6 Å². The Morgan fingerprint density at radius 2 is 2.20 bits per heavy atom. The highest BCUT2D eigenvalue weighted by molar-refractivity contribution is 7.18. The van der Waals surface area contributed by atoms with Gasteiger partial charge in [0.1, 0.15) is 11.2 Å². The van der Waals surface area contributed by atoms with Crippen molar-refractivity contribution >= 4 is 27.5 Å². The summed E-state index contributed by atoms with van der Waals surface area (Å²) in [6, 6.07) is 2.18. The molecule has 0 fully saturated rings. The normalized spacial score (nSPS) is 11.1. The molecule has 3 aromatic rings. The number of aromatic nitrogens is 4. The van der Waals surface area contributed by atoms with Crippen LogP contribution in [0.5, 0.6) is 0 Å². The van der Waals surface area contributed by atoms with Gasteiger partial charge in [0.05, 0.1) is 5.39 Å². The van der Waals surface area contributed by atoms with E-state index in [2.05, 4.69) is 40.2 Å². The largest absolute Gasteiger partial charge is 0.354 e. The van der Waals surface area contributed by atoms with Crippen molar-refractivity contribution < 1.29 is 0 Å². The molecular weight excluding hydrogens is 270 g/mol. The number of thiophene rings is 1. The van der Waals surface area contributed by atoms with Crippen LogP contribution in [0.15, 0.2) is 24.8 Å². The number of aryl methyl sites for hydroxylation is 1. The summed E-state index contributed by atoms with van der Waals surface area (Å²) in [6.45, 7) is 5.16. The minimum atomic E-state index is 0.688. The van der Waals surface area contributed by atoms with Gasteiger partial charge < -0.3 is 5.32 Å². The van der Waals surface area contributed by atoms with Crippen molar-refractivity contribution in [1.82, 2.24) is 19.5 Å². The van der Waals surface area contributed by atoms with E-state index in [0.717, 1.165) is 35.4 Å². The van der Waals surface area contributed by atoms with Crippen molar-refractivity contribution in [1.29, 1.82) is 0 Å². The molecule has 3 aromatic heterocycles. The molecule has 0 radical (unpaired) electrons. The molecule has 0 unspecified atom stereocenters. The lowest BCUT2D eigenvalue weighted by atomic mass is 10.3. The summed E-state index contributed by atoms with van der Waals surface area (Å²) < 4.78 is 1.94. The number of hydrogen-bond acceptors (Lipinski definition) is 5. The van der Waals surface area contributed by atoms with E-state index in [4.69, 9.17) is 0 Å². The van der Waals surface area contributed by atoms with E-state index >= 15 is 0 Å². The van der Waals surface area contributed by atoms with Crippen molar-refractivity contribution in [3.63, 3.8) is 0 Å². The zero-order valence-electron chi connectivity index (χ0n) is 11.6. The Hall–Kier alpha value is -1.95. The Kier molecular flexibility index (Phi) is 3.64. The highest BCUT2D eigenvalue weighted by Crippen LogP contribution is 2.29. The third-order valence-corrected chi connectivity index (χ3v) is 4.23. The molecule has 20 heavy (non-hydrogen) atoms. The summed E-state index contributed by atoms with van der Waals surface area (Å²) in [5, 5.41) is 4.36. The molecule has 0 aromatic carbocycles. The van der Waals surface area contributed by atoms with E-state index in [1.807, 2.05) is 10.8 Å². The van der Waals surface area contributed by atoms with Crippen LogP contribution in [0.4, 0.5) is 5.95 Å². The van der Waals surface area contributed by atoms with Crippen LogP contribution in [0.1, 0.15) is 25.1 Å². The third-order valence-electron chi connectivity index (χ3n) is 3.05. The zero-order valence-corrected chi connectivity index (χ0v) is 12.4. The molecule has 0 saturated carbocycles. The van der Waals surface area contributed by atoms with Crippen LogP contribution in [0, 0.1) is 0 Å². The predicted octanol–water partition coefficient (Wildman–Crippen LogP) is 3.26. The molecular formula is C14H17N5S. The number of nitrogens with zero attached hydrogens (tertiary/aromatic N) is 4. The standard InChI is InChI=1S/C14H17N5S/c1-3-5-16-14-17-12(19-7-6-15-9-19)11-8-10(4-2)20-13(11)18-14/h6-9H,3-5H2,1-2H3,(H,16,17,18). The second-order valence-corrected chi connectivity index (χ2v) is 5.67. The average Bonchev–Trinajstić information content (AvgIpc) is 3.12. The third kappa shape index (κ3) is 2.38. The fourth-order valence-corrected chi connectivity index (χ4v) is 2.99. The number of fused-ring (bicyclic) bond motifs is 1. The molecule has 3 heterocycles. The van der Waals surface area contributed by atoms with E-state index in [0.29, 0.717) is 5.95 Å². The zero-order chi connectivity index (χ0) is 13.9. The van der Waals surface area contributed by atoms with E-state index < -0.39 is 0 Å². The summed E-state index contributed by atoms with van der Waals surface area (Å²) >= 11 is 1.73. The van der Waals surface area contributed by atoms with Gasteiger partial charge in [-0.3, -0.25) is 4.57 Å². The van der Waals surface area contributed by atoms with Crippen molar-refractivity contribution in [2.75, 3.05) is 11.9 Å². The van der Waals surface area contributed by atoms with E-state index in [9.17, 15) is 0 Å². The van der Waals surface area contributed by atoms with Gasteiger partial charge in [0.15, 0.2) is 5.82 Å². The molecule has 0 aliphatic carbocycles. The second kappa shape index (κ2) is 5.58. The Labute approximate surface area is 121 Å². The molecule has 3 rings (SSSR count). The van der Waals surface area contributed by atoms with Gasteiger partial charge in [-0.05, 0) is 18.9 Å². The first-order valence-electron chi connectivity index (χ1n) is 6.84. The maximum atomic E-state index is 4.64. The minimum absolute atomic E-state index is 0.688. The number of rotatable bonds is 5. The van der Waals surface area contributed by atoms with Crippen molar-refractivity contribution in [3.05, 3.63) is 29.7 Å². The second-order valence-electron chi connectivity index (χ2n) is 4.55. The molecule has 0 saturated heterocycles. The summed E-state index contributed by atoms with van der Waals surface area (Å²) in [7, 11) is 0. The lowest BCUT2D eigenvalue weighted by Gasteiger charge is -2.07. The van der Waals surface area contributed by atoms with Gasteiger partial charge in [0.25, 0.3) is 0 Å². The maximum absolute atomic E-state index is 4.64. The van der Waals surface area contributed by atoms with Crippen molar-refractivity contribution in [2.45, 2.75) is 26.7 Å². The molecule has 1 N–H and O–H groups in total. The van der Waals surface area contributed by atoms with E-state index in [-0.39, 0.29) is 0 Å². The Balaban J connectivity index is 2.15. The molecule has 0 spiro atoms. The molecule has 0 aliphatic rings. The van der Waals surface area contributed by atoms with Gasteiger partial charge in [-0.2, -0.15) is 4.98 Å². The lowest BCUT2D eigenvalue weighted by molar-refractivity contribution is 0.940. The van der Waals surface area contributed by atoms with Gasteiger partial charge in [-0.1, -0.05) is 13.8 Å². The highest BCUT2D eigenvalue weighted by Gasteiger charge is 2.12. The molecule has 5 nitrogen and oxygen atoms in total. The molecule has 0 aliphatic heterocycles. The van der Waals surface area contributed by atoms with E-state index in [1.54, 1.807) is 23.9 Å². The first-order chi connectivity index (χ1) is 9.81. The summed E-state index contributed by atoms with van der Waals surface area (Å²) in [6.07, 6.45) is 7.51. The minimum Gasteiger partial charge on any atom is -0.354 e. The molecule has 0 bridgehead atoms. The summed E-state index contributed by atoms with van der Waals surface area (Å²) in [5.41, 5.74) is 0. The quantitative estimate of drug-likeness (QED) is 0.782. The molecule has 0 amide bonds. The van der Waals surface area contributed by atoms with Crippen LogP contribution in [0.2, 0.25) is 0 Å². The number of hydrogen-bond donors (Lipinski definition) is 1. The maximum Gasteiger partial charge on any atom is 0.226 e. The fourth-order valence-electron chi connectivity index (χ4n) is 2.03. The van der Waals surface area contributed by atoms with Gasteiger partial charge in [-0.15, -0.1) is 11.3 Å². The average molecular weight is 287 g/mol. The summed E-state index contributed by atoms with van der Waals surface area (Å²) in [4.78, 5) is 15.7. The SMILES string of the molecule is CCCNc1nc(-n2ccnc2)c2cc(CC)sc2n1. The van der Waals surface area contributed by atoms with Crippen LogP contribution >= 0.6 is 11.3 Å². The van der Waals surface area contributed by atoms with Crippen LogP contribution in [0.3, 0.4) is 0 Å². The van der Waals surface area contributed by atoms with Crippen LogP contribution in [-0.4, -0.2) is 26.1 Å². The monoisotopic (exact) mass is 287 g/mol. The van der Waals surface area contributed by atoms with Crippen LogP contribution in [-0.2, 0) is 6.42 Å². The van der Waals surface area contributed by atoms with Gasteiger partial charge in [0.2, 0.25) is 5.95 Å². The van der Waals surface area contributed by atoms with Gasteiger partial charge >= 0.3 is 0 Å². The Morgan fingerprint density at radius 3 is 2.90 bits per heavy atom. The van der Waals surface area contributed by atoms with Gasteiger partial charge in [-0.25, -0.2) is 9.97 Å². The first-order valence-corrected chi connectivity index (χ1v) is 7.66. The smallest absolute Gasteiger partial charge is 0.226 e. The molecule has 104 valence electrons. The van der Waals surface area contributed by atoms with Crippen LogP contribution in [0.25, 0.3) is 16.0 Å². The van der Waals surface area contributed by atoms with E-state index in [1.165, 1.54) is 4.88 Å². The van der Waals surface area contributed by atoms with Gasteiger partial charge in [0, 0.05) is 23.8 Å². The molecule has 6 heteroatoms. The number of anilines is 1. The van der Waals surface area contributed by atoms with Crippen molar-refractivity contribution in [2.24, 2.45) is 0 Å². The molecule has 0 atom stereocenters. The van der Waals surface area contributed by atoms with Crippen molar-refractivity contribution in [3.8, 4) is 5.82 Å². The first kappa shape index (κ1) is 13.1. The Morgan fingerprint density at radius 1 is 1.30 bits per heavy atom. The fraction of sp³-hybridized carbons (Fsp3) is 0.357. The predicted molar refractivity (Wildman–Crippen MR) is 82.7 cm³/mol. The van der Waals surface area contributed by atoms with Crippen LogP contribution < -0.4 is 5.32 Å². The number of imidazole rings is 1. The summed E-state index contributed by atoms with van der Waals surface area (Å²) in [5.74, 6) is 1.58. The highest BCUT2D eigenvalue weighted by atomic mass is 32.1. The number of nitrogens with one attached hydrogen (secondary N) is 1. The Bertz CT molecular complexity index is 702.